The maximum Gasteiger partial charge on any atom is 0.155 e. The molecular weight excluding hydrogens is 815 g/mol. The quantitative estimate of drug-likeness (QED) is 0.164. The molecule has 2 aromatic heterocycles. The van der Waals surface area contributed by atoms with Crippen molar-refractivity contribution in [3.05, 3.63) is 235 Å². The smallest absolute Gasteiger partial charge is 0.155 e. The largest absolute Gasteiger partial charge is 0.456 e. The van der Waals surface area contributed by atoms with Crippen molar-refractivity contribution in [2.24, 2.45) is 15.9 Å². The fraction of sp³-hybridized carbons (Fsp3) is 0.0794. The normalized spacial score (nSPS) is 17.1. The highest BCUT2D eigenvalue weighted by molar-refractivity contribution is 6.24. The molecule has 13 rings (SSSR count). The topological polar surface area (TPSA) is 42.8 Å². The van der Waals surface area contributed by atoms with E-state index in [4.69, 9.17) is 14.4 Å². The van der Waals surface area contributed by atoms with Gasteiger partial charge in [-0.3, -0.25) is 4.99 Å². The molecule has 1 aliphatic rings. The summed E-state index contributed by atoms with van der Waals surface area (Å²) in [5, 5.41) is 9.36. The number of furan rings is 1. The number of nitrogens with zero attached hydrogens (tertiary/aromatic N) is 3. The Kier molecular flexibility index (Phi) is 9.31. The van der Waals surface area contributed by atoms with Gasteiger partial charge < -0.3 is 8.98 Å². The molecule has 12 aromatic rings. The van der Waals surface area contributed by atoms with Gasteiger partial charge in [-0.25, -0.2) is 4.99 Å². The van der Waals surface area contributed by atoms with Gasteiger partial charge in [0.15, 0.2) is 5.84 Å². The van der Waals surface area contributed by atoms with Crippen LogP contribution in [0.25, 0.3) is 93.2 Å². The number of hydrogen-bond acceptors (Lipinski definition) is 3. The Bertz CT molecular complexity index is 3930. The summed E-state index contributed by atoms with van der Waals surface area (Å²) in [7, 11) is 0. The molecule has 0 saturated heterocycles. The number of amidine groups is 1. The lowest BCUT2D eigenvalue weighted by Gasteiger charge is -2.24. The summed E-state index contributed by atoms with van der Waals surface area (Å²) in [6, 6.07) is 78.6. The lowest BCUT2D eigenvalue weighted by Crippen LogP contribution is -2.20. The molecule has 318 valence electrons. The fourth-order valence-corrected chi connectivity index (χ4v) is 10.6. The van der Waals surface area contributed by atoms with Gasteiger partial charge in [-0.1, -0.05) is 177 Å². The van der Waals surface area contributed by atoms with Crippen LogP contribution in [-0.4, -0.2) is 16.1 Å². The SMILES string of the molecule is CC1CCC(c2ccc(-c3ccccc3)cc2)/N=C(c2cccc(-c3ccccc3)c2)\N=C/1c1cc(-n2c3ccccc3c3cc4ccccc4cc32)cc2oc3cc4ccccc4cc3c12. The van der Waals surface area contributed by atoms with Crippen molar-refractivity contribution < 1.29 is 4.42 Å². The van der Waals surface area contributed by atoms with Crippen molar-refractivity contribution in [3.63, 3.8) is 0 Å². The maximum absolute atomic E-state index is 7.01. The van der Waals surface area contributed by atoms with Gasteiger partial charge >= 0.3 is 0 Å². The lowest BCUT2D eigenvalue weighted by molar-refractivity contribution is 0.556. The number of fused-ring (bicyclic) bond motifs is 8. The Balaban J connectivity index is 1.07. The van der Waals surface area contributed by atoms with Crippen molar-refractivity contribution in [1.29, 1.82) is 0 Å². The number of rotatable bonds is 6. The zero-order valence-electron chi connectivity index (χ0n) is 37.1. The van der Waals surface area contributed by atoms with Gasteiger partial charge in [-0.2, -0.15) is 0 Å². The van der Waals surface area contributed by atoms with Crippen LogP contribution in [0.1, 0.15) is 42.5 Å². The van der Waals surface area contributed by atoms with Crippen LogP contribution >= 0.6 is 0 Å². The van der Waals surface area contributed by atoms with Crippen LogP contribution in [0.5, 0.6) is 0 Å². The van der Waals surface area contributed by atoms with Crippen molar-refractivity contribution in [1.82, 2.24) is 4.57 Å². The van der Waals surface area contributed by atoms with E-state index in [1.165, 1.54) is 43.6 Å². The third kappa shape index (κ3) is 6.84. The van der Waals surface area contributed by atoms with Crippen molar-refractivity contribution in [2.45, 2.75) is 25.8 Å². The molecule has 0 bridgehead atoms. The Hall–Kier alpha value is -8.34. The van der Waals surface area contributed by atoms with Gasteiger partial charge in [0.1, 0.15) is 11.2 Å². The summed E-state index contributed by atoms with van der Waals surface area (Å²) in [5.74, 6) is 0.816. The molecule has 10 aromatic carbocycles. The van der Waals surface area contributed by atoms with Crippen LogP contribution in [0.4, 0.5) is 0 Å². The molecule has 2 atom stereocenters. The molecule has 4 heteroatoms. The van der Waals surface area contributed by atoms with Crippen LogP contribution in [0.15, 0.2) is 233 Å². The van der Waals surface area contributed by atoms with Crippen molar-refractivity contribution >= 4 is 76.8 Å². The van der Waals surface area contributed by atoms with E-state index < -0.39 is 0 Å². The van der Waals surface area contributed by atoms with Gasteiger partial charge in [0.25, 0.3) is 0 Å². The number of aliphatic imine (C=N–C) groups is 2. The average molecular weight is 860 g/mol. The Morgan fingerprint density at radius 2 is 1.04 bits per heavy atom. The number of benzene rings is 10. The second-order valence-electron chi connectivity index (χ2n) is 18.1. The van der Waals surface area contributed by atoms with E-state index in [9.17, 15) is 0 Å². The van der Waals surface area contributed by atoms with E-state index in [0.29, 0.717) is 0 Å². The molecule has 0 radical (unpaired) electrons. The van der Waals surface area contributed by atoms with E-state index in [1.54, 1.807) is 0 Å². The lowest BCUT2D eigenvalue weighted by atomic mass is 9.87. The Labute approximate surface area is 388 Å². The van der Waals surface area contributed by atoms with E-state index in [1.807, 2.05) is 0 Å². The molecule has 0 fully saturated rings. The highest BCUT2D eigenvalue weighted by Gasteiger charge is 2.27. The molecule has 0 spiro atoms. The van der Waals surface area contributed by atoms with Crippen LogP contribution in [0.3, 0.4) is 0 Å². The highest BCUT2D eigenvalue weighted by Crippen LogP contribution is 2.42. The predicted molar refractivity (Wildman–Crippen MR) is 281 cm³/mol. The standard InChI is InChI=1S/C63H45N3O/c1-40-27-32-56(44-30-28-43(29-31-44)41-15-4-2-5-16-41)64-63(50-24-14-23-45(33-50)42-17-6-3-7-18-42)65-62(40)55-38-51(39-60-61(55)54-35-47-20-9-11-22-49(47)37-59(54)67-60)66-57-26-13-12-25-52(57)53-34-46-19-8-10-21-48(46)36-58(53)66/h2-26,28-31,33-40,56H,27,32H2,1H3/b64-63-,65-62+. The summed E-state index contributed by atoms with van der Waals surface area (Å²) in [4.78, 5) is 11.5. The van der Waals surface area contributed by atoms with Crippen LogP contribution in [0, 0.1) is 5.92 Å². The average Bonchev–Trinajstić information content (AvgIpc) is 3.91. The minimum atomic E-state index is -0.0761. The highest BCUT2D eigenvalue weighted by atomic mass is 16.3. The second kappa shape index (κ2) is 16.0. The van der Waals surface area contributed by atoms with Crippen LogP contribution < -0.4 is 0 Å². The molecule has 3 heterocycles. The first-order valence-corrected chi connectivity index (χ1v) is 23.4. The third-order valence-corrected chi connectivity index (χ3v) is 14.0. The van der Waals surface area contributed by atoms with Crippen molar-refractivity contribution in [3.8, 4) is 27.9 Å². The summed E-state index contributed by atoms with van der Waals surface area (Å²) in [6.45, 7) is 2.35. The predicted octanol–water partition coefficient (Wildman–Crippen LogP) is 16.7. The number of para-hydroxylation sites is 1. The molecule has 2 unspecified atom stereocenters. The van der Waals surface area contributed by atoms with Gasteiger partial charge in [0.05, 0.1) is 28.5 Å². The molecular formula is C63H45N3O. The minimum Gasteiger partial charge on any atom is -0.456 e. The van der Waals surface area contributed by atoms with Crippen LogP contribution in [-0.2, 0) is 0 Å². The Morgan fingerprint density at radius 1 is 0.448 bits per heavy atom. The maximum atomic E-state index is 7.01. The number of hydrogen-bond donors (Lipinski definition) is 0. The minimum absolute atomic E-state index is 0.0761. The molecule has 4 nitrogen and oxygen atoms in total. The molecule has 0 amide bonds. The van der Waals surface area contributed by atoms with Crippen LogP contribution in [0.2, 0.25) is 0 Å². The van der Waals surface area contributed by atoms with E-state index in [-0.39, 0.29) is 12.0 Å². The summed E-state index contributed by atoms with van der Waals surface area (Å²) in [6.07, 6.45) is 1.77. The number of aromatic nitrogens is 1. The molecule has 67 heavy (non-hydrogen) atoms. The molecule has 0 aliphatic carbocycles. The molecule has 0 N–H and O–H groups in total. The second-order valence-corrected chi connectivity index (χ2v) is 18.1. The first-order chi connectivity index (χ1) is 33.1. The van der Waals surface area contributed by atoms with E-state index in [2.05, 4.69) is 230 Å². The first kappa shape index (κ1) is 39.1. The van der Waals surface area contributed by atoms with E-state index in [0.717, 1.165) is 90.7 Å². The van der Waals surface area contributed by atoms with E-state index >= 15 is 0 Å². The zero-order valence-corrected chi connectivity index (χ0v) is 37.1. The van der Waals surface area contributed by atoms with Gasteiger partial charge in [-0.15, -0.1) is 0 Å². The fourth-order valence-electron chi connectivity index (χ4n) is 10.6. The monoisotopic (exact) mass is 859 g/mol. The van der Waals surface area contributed by atoms with Gasteiger partial charge in [0.2, 0.25) is 0 Å². The first-order valence-electron chi connectivity index (χ1n) is 23.4. The molecule has 1 aliphatic heterocycles. The Morgan fingerprint density at radius 3 is 1.79 bits per heavy atom. The summed E-state index contributed by atoms with van der Waals surface area (Å²) in [5.41, 5.74) is 14.0. The summed E-state index contributed by atoms with van der Waals surface area (Å²) >= 11 is 0. The zero-order chi connectivity index (χ0) is 44.4. The third-order valence-electron chi connectivity index (χ3n) is 14.0. The summed E-state index contributed by atoms with van der Waals surface area (Å²) < 4.78 is 9.43. The van der Waals surface area contributed by atoms with Crippen molar-refractivity contribution in [2.75, 3.05) is 0 Å². The van der Waals surface area contributed by atoms with Gasteiger partial charge in [0, 0.05) is 38.7 Å². The van der Waals surface area contributed by atoms with Gasteiger partial charge in [-0.05, 0) is 111 Å². The molecule has 0 saturated carbocycles.